The molecule has 0 fully saturated rings. The molecule has 0 aliphatic carbocycles. The normalized spacial score (nSPS) is 11.1. The van der Waals surface area contributed by atoms with E-state index in [1.807, 2.05) is 30.3 Å². The Bertz CT molecular complexity index is 1100. The number of nitrogens with zero attached hydrogens (tertiary/aromatic N) is 5. The average molecular weight is 406 g/mol. The number of thioether (sulfide) groups is 1. The Kier molecular flexibility index (Phi) is 5.76. The Morgan fingerprint density at radius 3 is 2.59 bits per heavy atom. The van der Waals surface area contributed by atoms with E-state index < -0.39 is 0 Å². The fourth-order valence-corrected chi connectivity index (χ4v) is 3.82. The first kappa shape index (κ1) is 19.4. The predicted molar refractivity (Wildman–Crippen MR) is 114 cm³/mol. The van der Waals surface area contributed by atoms with E-state index in [2.05, 4.69) is 63.9 Å². The fourth-order valence-electron chi connectivity index (χ4n) is 3.04. The van der Waals surface area contributed by atoms with Gasteiger partial charge in [-0.25, -0.2) is 0 Å². The van der Waals surface area contributed by atoms with E-state index in [-0.39, 0.29) is 0 Å². The highest BCUT2D eigenvalue weighted by Gasteiger charge is 2.18. The second-order valence-electron chi connectivity index (χ2n) is 6.92. The summed E-state index contributed by atoms with van der Waals surface area (Å²) in [6.07, 6.45) is 1.82. The predicted octanol–water partition coefficient (Wildman–Crippen LogP) is 5.18. The molecular weight excluding hydrogens is 382 g/mol. The van der Waals surface area contributed by atoms with Crippen LogP contribution in [0.4, 0.5) is 0 Å². The van der Waals surface area contributed by atoms with E-state index in [4.69, 9.17) is 4.52 Å². The van der Waals surface area contributed by atoms with Crippen molar-refractivity contribution in [2.24, 2.45) is 0 Å². The summed E-state index contributed by atoms with van der Waals surface area (Å²) >= 11 is 1.55. The van der Waals surface area contributed by atoms with Gasteiger partial charge in [0.25, 0.3) is 0 Å². The monoisotopic (exact) mass is 405 g/mol. The van der Waals surface area contributed by atoms with Crippen LogP contribution < -0.4 is 0 Å². The maximum Gasteiger partial charge on any atom is 0.237 e. The maximum atomic E-state index is 5.37. The lowest BCUT2D eigenvalue weighted by Crippen LogP contribution is -2.01. The highest BCUT2D eigenvalue weighted by molar-refractivity contribution is 7.98. The molecule has 7 heteroatoms. The molecule has 0 atom stereocenters. The minimum Gasteiger partial charge on any atom is -0.338 e. The molecular formula is C22H23N5OS. The van der Waals surface area contributed by atoms with E-state index >= 15 is 0 Å². The molecule has 0 spiro atoms. The summed E-state index contributed by atoms with van der Waals surface area (Å²) in [5.74, 6) is 2.72. The number of benzene rings is 2. The number of rotatable bonds is 7. The Hall–Kier alpha value is -2.93. The average Bonchev–Trinajstić information content (AvgIpc) is 3.36. The largest absolute Gasteiger partial charge is 0.338 e. The van der Waals surface area contributed by atoms with Crippen LogP contribution >= 0.6 is 11.8 Å². The smallest absolute Gasteiger partial charge is 0.237 e. The molecule has 0 N–H and O–H groups in total. The molecule has 6 nitrogen and oxygen atoms in total. The molecule has 2 aromatic heterocycles. The van der Waals surface area contributed by atoms with E-state index in [9.17, 15) is 0 Å². The molecule has 0 aliphatic rings. The molecule has 29 heavy (non-hydrogen) atoms. The summed E-state index contributed by atoms with van der Waals surface area (Å²) in [5.41, 5.74) is 4.55. The van der Waals surface area contributed by atoms with Crippen LogP contribution in [-0.2, 0) is 12.2 Å². The lowest BCUT2D eigenvalue weighted by atomic mass is 10.1. The Morgan fingerprint density at radius 2 is 1.83 bits per heavy atom. The van der Waals surface area contributed by atoms with E-state index in [0.717, 1.165) is 40.9 Å². The van der Waals surface area contributed by atoms with Gasteiger partial charge in [0.1, 0.15) is 0 Å². The summed E-state index contributed by atoms with van der Waals surface area (Å²) in [6.45, 7) is 6.33. The summed E-state index contributed by atoms with van der Waals surface area (Å²) in [5, 5.41) is 13.8. The van der Waals surface area contributed by atoms with Gasteiger partial charge in [-0.3, -0.25) is 4.57 Å². The van der Waals surface area contributed by atoms with Gasteiger partial charge in [-0.05, 0) is 43.5 Å². The van der Waals surface area contributed by atoms with Gasteiger partial charge in [0.05, 0.1) is 11.4 Å². The van der Waals surface area contributed by atoms with Crippen LogP contribution in [0.1, 0.15) is 36.2 Å². The number of hydrogen-bond donors (Lipinski definition) is 0. The van der Waals surface area contributed by atoms with Gasteiger partial charge in [0, 0.05) is 12.0 Å². The van der Waals surface area contributed by atoms with Crippen LogP contribution in [0.15, 0.2) is 58.2 Å². The van der Waals surface area contributed by atoms with Gasteiger partial charge in [0.2, 0.25) is 5.89 Å². The maximum absolute atomic E-state index is 5.37. The second-order valence-corrected chi connectivity index (χ2v) is 7.86. The minimum atomic E-state index is 0.550. The Labute approximate surface area is 174 Å². The topological polar surface area (TPSA) is 69.6 Å². The third-order valence-corrected chi connectivity index (χ3v) is 5.64. The fraction of sp³-hybridized carbons (Fsp3) is 0.273. The molecule has 0 bridgehead atoms. The molecule has 2 aromatic carbocycles. The van der Waals surface area contributed by atoms with Crippen molar-refractivity contribution in [2.75, 3.05) is 0 Å². The molecule has 4 rings (SSSR count). The van der Waals surface area contributed by atoms with Crippen LogP contribution in [0.2, 0.25) is 0 Å². The summed E-state index contributed by atoms with van der Waals surface area (Å²) < 4.78 is 7.46. The third kappa shape index (κ3) is 4.24. The van der Waals surface area contributed by atoms with Crippen LogP contribution in [0.3, 0.4) is 0 Å². The summed E-state index contributed by atoms with van der Waals surface area (Å²) in [7, 11) is 0. The van der Waals surface area contributed by atoms with E-state index in [0.29, 0.717) is 11.6 Å². The molecule has 4 aromatic rings. The Balaban J connectivity index is 1.69. The molecule has 0 saturated carbocycles. The van der Waals surface area contributed by atoms with Crippen LogP contribution in [-0.4, -0.2) is 24.9 Å². The Morgan fingerprint density at radius 1 is 1.00 bits per heavy atom. The van der Waals surface area contributed by atoms with Gasteiger partial charge in [-0.2, -0.15) is 4.98 Å². The molecule has 2 heterocycles. The van der Waals surface area contributed by atoms with E-state index in [1.165, 1.54) is 11.1 Å². The summed E-state index contributed by atoms with van der Waals surface area (Å²) in [4.78, 5) is 4.45. The van der Waals surface area contributed by atoms with Crippen molar-refractivity contribution in [3.05, 3.63) is 71.4 Å². The van der Waals surface area contributed by atoms with Crippen LogP contribution in [0.25, 0.3) is 17.1 Å². The highest BCUT2D eigenvalue weighted by atomic mass is 32.2. The zero-order valence-corrected chi connectivity index (χ0v) is 17.6. The summed E-state index contributed by atoms with van der Waals surface area (Å²) in [6, 6.07) is 16.5. The molecule has 0 saturated heterocycles. The second kappa shape index (κ2) is 8.61. The van der Waals surface area contributed by atoms with Crippen molar-refractivity contribution in [3.8, 4) is 17.1 Å². The minimum absolute atomic E-state index is 0.550. The van der Waals surface area contributed by atoms with Crippen molar-refractivity contribution < 1.29 is 4.52 Å². The molecule has 0 radical (unpaired) electrons. The van der Waals surface area contributed by atoms with E-state index in [1.54, 1.807) is 11.8 Å². The third-order valence-electron chi connectivity index (χ3n) is 4.72. The lowest BCUT2D eigenvalue weighted by molar-refractivity contribution is 0.384. The molecule has 148 valence electrons. The van der Waals surface area contributed by atoms with Crippen molar-refractivity contribution in [1.82, 2.24) is 24.9 Å². The number of hydrogen-bond acceptors (Lipinski definition) is 6. The van der Waals surface area contributed by atoms with Gasteiger partial charge in [-0.15, -0.1) is 10.2 Å². The van der Waals surface area contributed by atoms with Gasteiger partial charge in [0.15, 0.2) is 16.8 Å². The molecule has 0 aliphatic heterocycles. The van der Waals surface area contributed by atoms with Crippen LogP contribution in [0, 0.1) is 13.8 Å². The first-order chi connectivity index (χ1) is 14.2. The first-order valence-corrected chi connectivity index (χ1v) is 10.7. The van der Waals surface area contributed by atoms with Crippen molar-refractivity contribution in [1.29, 1.82) is 0 Å². The zero-order chi connectivity index (χ0) is 20.2. The number of aromatic nitrogens is 5. The highest BCUT2D eigenvalue weighted by Crippen LogP contribution is 2.30. The first-order valence-electron chi connectivity index (χ1n) is 9.68. The van der Waals surface area contributed by atoms with Gasteiger partial charge < -0.3 is 4.52 Å². The van der Waals surface area contributed by atoms with Crippen molar-refractivity contribution in [2.45, 2.75) is 44.5 Å². The SMILES string of the molecule is CCCc1noc(CSc2nnc(-c3ccccc3)n2-c2ccc(C)c(C)c2)n1. The zero-order valence-electron chi connectivity index (χ0n) is 16.8. The van der Waals surface area contributed by atoms with Gasteiger partial charge in [-0.1, -0.05) is 60.2 Å². The number of aryl methyl sites for hydroxylation is 3. The molecule has 0 unspecified atom stereocenters. The van der Waals surface area contributed by atoms with Crippen molar-refractivity contribution >= 4 is 11.8 Å². The van der Waals surface area contributed by atoms with Gasteiger partial charge >= 0.3 is 0 Å². The lowest BCUT2D eigenvalue weighted by Gasteiger charge is -2.12. The van der Waals surface area contributed by atoms with Crippen molar-refractivity contribution in [3.63, 3.8) is 0 Å². The standard InChI is InChI=1S/C22H23N5OS/c1-4-8-19-23-20(28-26-19)14-29-22-25-24-21(17-9-6-5-7-10-17)27(22)18-12-11-15(2)16(3)13-18/h5-7,9-13H,4,8,14H2,1-3H3. The quantitative estimate of drug-likeness (QED) is 0.395. The van der Waals surface area contributed by atoms with Crippen LogP contribution in [0.5, 0.6) is 0 Å². The molecule has 0 amide bonds.